The Kier molecular flexibility index (Phi) is 6.71. The zero-order chi connectivity index (χ0) is 26.6. The van der Waals surface area contributed by atoms with Crippen LogP contribution in [0.25, 0.3) is 23.8 Å². The summed E-state index contributed by atoms with van der Waals surface area (Å²) in [6, 6.07) is 42.1. The second kappa shape index (κ2) is 10.8. The third kappa shape index (κ3) is 4.95. The van der Waals surface area contributed by atoms with Crippen LogP contribution >= 0.6 is 0 Å². The van der Waals surface area contributed by atoms with E-state index in [9.17, 15) is 0 Å². The maximum atomic E-state index is 5.39. The number of fused-ring (bicyclic) bond motifs is 2. The molecule has 3 heteroatoms. The molecule has 3 nitrogen and oxygen atoms in total. The predicted octanol–water partition coefficient (Wildman–Crippen LogP) is 9.25. The Morgan fingerprint density at radius 1 is 0.487 bits per heavy atom. The molecule has 0 atom stereocenters. The van der Waals surface area contributed by atoms with Crippen LogP contribution in [-0.2, 0) is 0 Å². The Morgan fingerprint density at radius 2 is 0.897 bits per heavy atom. The van der Waals surface area contributed by atoms with Crippen molar-refractivity contribution in [2.45, 2.75) is 0 Å². The Bertz CT molecular complexity index is 1550. The third-order valence-electron chi connectivity index (χ3n) is 7.07. The molecular formula is C36H29NO2. The molecule has 5 aromatic rings. The highest BCUT2D eigenvalue weighted by molar-refractivity contribution is 6.00. The minimum Gasteiger partial charge on any atom is -0.497 e. The Morgan fingerprint density at radius 3 is 1.33 bits per heavy atom. The number of benzene rings is 5. The van der Waals surface area contributed by atoms with Crippen LogP contribution in [0, 0.1) is 0 Å². The monoisotopic (exact) mass is 507 g/mol. The first-order chi connectivity index (χ1) is 19.2. The highest BCUT2D eigenvalue weighted by Crippen LogP contribution is 2.38. The molecule has 0 N–H and O–H groups in total. The molecule has 0 saturated heterocycles. The fraction of sp³-hybridized carbons (Fsp3) is 0.0556. The van der Waals surface area contributed by atoms with Gasteiger partial charge in [0.2, 0.25) is 0 Å². The van der Waals surface area contributed by atoms with Gasteiger partial charge in [-0.15, -0.1) is 0 Å². The molecule has 0 heterocycles. The van der Waals surface area contributed by atoms with E-state index in [1.54, 1.807) is 14.2 Å². The second-order valence-electron chi connectivity index (χ2n) is 9.39. The van der Waals surface area contributed by atoms with E-state index < -0.39 is 0 Å². The SMILES string of the molecule is COc1ccc(N(c2ccc(C=C3c4ccccc4C=Cc4ccccc43)cc2)c2ccc(OC)cc2)cc1. The zero-order valence-corrected chi connectivity index (χ0v) is 22.0. The van der Waals surface area contributed by atoms with Gasteiger partial charge in [-0.3, -0.25) is 0 Å². The van der Waals surface area contributed by atoms with Crippen molar-refractivity contribution in [3.63, 3.8) is 0 Å². The Labute approximate surface area is 229 Å². The topological polar surface area (TPSA) is 21.7 Å². The molecule has 0 spiro atoms. The molecule has 0 aliphatic heterocycles. The minimum atomic E-state index is 0.828. The van der Waals surface area contributed by atoms with Gasteiger partial charge in [-0.05, 0) is 100 Å². The molecule has 0 radical (unpaired) electrons. The lowest BCUT2D eigenvalue weighted by Gasteiger charge is -2.26. The molecule has 0 fully saturated rings. The van der Waals surface area contributed by atoms with Gasteiger partial charge in [0.15, 0.2) is 0 Å². The van der Waals surface area contributed by atoms with Crippen LogP contribution in [0.5, 0.6) is 11.5 Å². The van der Waals surface area contributed by atoms with Crippen molar-refractivity contribution in [3.05, 3.63) is 149 Å². The van der Waals surface area contributed by atoms with Gasteiger partial charge >= 0.3 is 0 Å². The summed E-state index contributed by atoms with van der Waals surface area (Å²) < 4.78 is 10.8. The molecule has 1 aliphatic rings. The zero-order valence-electron chi connectivity index (χ0n) is 22.0. The highest BCUT2D eigenvalue weighted by Gasteiger charge is 2.16. The average molecular weight is 508 g/mol. The fourth-order valence-corrected chi connectivity index (χ4v) is 5.05. The van der Waals surface area contributed by atoms with Crippen molar-refractivity contribution < 1.29 is 9.47 Å². The van der Waals surface area contributed by atoms with Crippen molar-refractivity contribution in [3.8, 4) is 11.5 Å². The first-order valence-corrected chi connectivity index (χ1v) is 13.0. The summed E-state index contributed by atoms with van der Waals surface area (Å²) in [5.41, 5.74) is 10.4. The van der Waals surface area contributed by atoms with Crippen molar-refractivity contribution in [2.24, 2.45) is 0 Å². The smallest absolute Gasteiger partial charge is 0.119 e. The largest absolute Gasteiger partial charge is 0.497 e. The number of nitrogens with zero attached hydrogens (tertiary/aromatic N) is 1. The van der Waals surface area contributed by atoms with Gasteiger partial charge in [0, 0.05) is 17.1 Å². The molecule has 0 unspecified atom stereocenters. The number of anilines is 3. The van der Waals surface area contributed by atoms with Crippen LogP contribution in [0.2, 0.25) is 0 Å². The molecule has 39 heavy (non-hydrogen) atoms. The molecular weight excluding hydrogens is 478 g/mol. The van der Waals surface area contributed by atoms with Crippen molar-refractivity contribution >= 4 is 40.9 Å². The van der Waals surface area contributed by atoms with E-state index in [4.69, 9.17) is 9.47 Å². The van der Waals surface area contributed by atoms with Crippen LogP contribution in [0.15, 0.2) is 121 Å². The van der Waals surface area contributed by atoms with Gasteiger partial charge in [-0.2, -0.15) is 0 Å². The Balaban J connectivity index is 1.41. The molecule has 190 valence electrons. The lowest BCUT2D eigenvalue weighted by atomic mass is 9.92. The van der Waals surface area contributed by atoms with Gasteiger partial charge in [-0.1, -0.05) is 72.8 Å². The quantitative estimate of drug-likeness (QED) is 0.224. The summed E-state index contributed by atoms with van der Waals surface area (Å²) in [6.45, 7) is 0. The van der Waals surface area contributed by atoms with E-state index in [1.165, 1.54) is 27.8 Å². The standard InChI is InChI=1S/C36H29NO2/c1-38-32-21-17-30(18-22-32)37(31-19-23-33(39-2)24-20-31)29-15-11-26(12-16-29)25-36-34-9-5-3-7-27(34)13-14-28-8-4-6-10-35(28)36/h3-25H,1-2H3. The summed E-state index contributed by atoms with van der Waals surface area (Å²) in [5, 5.41) is 0. The number of hydrogen-bond acceptors (Lipinski definition) is 3. The normalized spacial score (nSPS) is 11.7. The van der Waals surface area contributed by atoms with Gasteiger partial charge in [0.05, 0.1) is 14.2 Å². The van der Waals surface area contributed by atoms with Crippen LogP contribution in [0.3, 0.4) is 0 Å². The van der Waals surface area contributed by atoms with E-state index >= 15 is 0 Å². The third-order valence-corrected chi connectivity index (χ3v) is 7.07. The number of methoxy groups -OCH3 is 2. The molecule has 0 saturated carbocycles. The van der Waals surface area contributed by atoms with Crippen LogP contribution < -0.4 is 14.4 Å². The Hall–Kier alpha value is -5.02. The highest BCUT2D eigenvalue weighted by atomic mass is 16.5. The molecule has 0 amide bonds. The van der Waals surface area contributed by atoms with Gasteiger partial charge in [0.1, 0.15) is 11.5 Å². The van der Waals surface area contributed by atoms with Gasteiger partial charge in [-0.25, -0.2) is 0 Å². The molecule has 5 aromatic carbocycles. The average Bonchev–Trinajstić information content (AvgIpc) is 3.16. The van der Waals surface area contributed by atoms with E-state index in [0.717, 1.165) is 34.1 Å². The summed E-state index contributed by atoms with van der Waals surface area (Å²) in [4.78, 5) is 2.23. The summed E-state index contributed by atoms with van der Waals surface area (Å²) in [6.07, 6.45) is 6.71. The van der Waals surface area contributed by atoms with Crippen LogP contribution in [0.4, 0.5) is 17.1 Å². The first kappa shape index (κ1) is 24.3. The lowest BCUT2D eigenvalue weighted by Crippen LogP contribution is -2.09. The summed E-state index contributed by atoms with van der Waals surface area (Å²) in [5.74, 6) is 1.66. The van der Waals surface area contributed by atoms with Crippen LogP contribution in [-0.4, -0.2) is 14.2 Å². The summed E-state index contributed by atoms with van der Waals surface area (Å²) >= 11 is 0. The summed E-state index contributed by atoms with van der Waals surface area (Å²) in [7, 11) is 3.37. The maximum Gasteiger partial charge on any atom is 0.119 e. The van der Waals surface area contributed by atoms with Gasteiger partial charge < -0.3 is 14.4 Å². The minimum absolute atomic E-state index is 0.828. The van der Waals surface area contributed by atoms with E-state index in [1.807, 2.05) is 24.3 Å². The first-order valence-electron chi connectivity index (χ1n) is 13.0. The van der Waals surface area contributed by atoms with Crippen LogP contribution in [0.1, 0.15) is 27.8 Å². The maximum absolute atomic E-state index is 5.39. The number of ether oxygens (including phenoxy) is 2. The number of rotatable bonds is 6. The predicted molar refractivity (Wildman–Crippen MR) is 163 cm³/mol. The fourth-order valence-electron chi connectivity index (χ4n) is 5.05. The van der Waals surface area contributed by atoms with E-state index in [0.29, 0.717) is 0 Å². The molecule has 1 aliphatic carbocycles. The van der Waals surface area contributed by atoms with Crippen molar-refractivity contribution in [2.75, 3.05) is 19.1 Å². The van der Waals surface area contributed by atoms with E-state index in [-0.39, 0.29) is 0 Å². The van der Waals surface area contributed by atoms with Crippen molar-refractivity contribution in [1.82, 2.24) is 0 Å². The van der Waals surface area contributed by atoms with Gasteiger partial charge in [0.25, 0.3) is 0 Å². The van der Waals surface area contributed by atoms with E-state index in [2.05, 4.69) is 120 Å². The molecule has 0 aromatic heterocycles. The molecule has 6 rings (SSSR count). The van der Waals surface area contributed by atoms with Crippen molar-refractivity contribution in [1.29, 1.82) is 0 Å². The lowest BCUT2D eigenvalue weighted by molar-refractivity contribution is 0.415. The second-order valence-corrected chi connectivity index (χ2v) is 9.39. The molecule has 0 bridgehead atoms. The number of hydrogen-bond donors (Lipinski definition) is 0.